The van der Waals surface area contributed by atoms with E-state index in [0.29, 0.717) is 6.16 Å². The average molecular weight is 123 g/mol. The van der Waals surface area contributed by atoms with Crippen LogP contribution in [0.25, 0.3) is 0 Å². The van der Waals surface area contributed by atoms with Gasteiger partial charge in [0, 0.05) is 15.6 Å². The van der Waals surface area contributed by atoms with Gasteiger partial charge in [0.1, 0.15) is 0 Å². The van der Waals surface area contributed by atoms with Crippen molar-refractivity contribution in [3.05, 3.63) is 0 Å². The van der Waals surface area contributed by atoms with E-state index in [9.17, 15) is 0 Å². The highest BCUT2D eigenvalue weighted by molar-refractivity contribution is 7.43. The lowest BCUT2D eigenvalue weighted by Gasteiger charge is -1.82. The van der Waals surface area contributed by atoms with Crippen molar-refractivity contribution in [2.45, 2.75) is 6.92 Å². The molecule has 0 aliphatic carbocycles. The van der Waals surface area contributed by atoms with Crippen LogP contribution in [0.1, 0.15) is 6.92 Å². The van der Waals surface area contributed by atoms with Crippen LogP contribution in [0.4, 0.5) is 0 Å². The Morgan fingerprint density at radius 2 is 2.50 bits per heavy atom. The Hall–Kier alpha value is 0.400. The Morgan fingerprint density at radius 3 is 2.50 bits per heavy atom. The fourth-order valence-electron chi connectivity index (χ4n) is 0.0745. The smallest absolute Gasteiger partial charge is 0.185 e. The second kappa shape index (κ2) is 3.59. The molecule has 0 spiro atoms. The van der Waals surface area contributed by atoms with Gasteiger partial charge in [0.15, 0.2) is 7.78 Å². The molecule has 2 nitrogen and oxygen atoms in total. The lowest BCUT2D eigenvalue weighted by atomic mass is 11.0. The molecule has 0 saturated heterocycles. The van der Waals surface area contributed by atoms with E-state index in [1.54, 1.807) is 0 Å². The molecule has 0 amide bonds. The van der Waals surface area contributed by atoms with E-state index in [1.165, 1.54) is 0 Å². The highest BCUT2D eigenvalue weighted by Gasteiger charge is 1.81. The molecule has 0 fully saturated rings. The quantitative estimate of drug-likeness (QED) is 0.459. The van der Waals surface area contributed by atoms with Crippen molar-refractivity contribution in [3.63, 3.8) is 0 Å². The van der Waals surface area contributed by atoms with Crippen LogP contribution in [0.2, 0.25) is 0 Å². The number of hydrogen-bond acceptors (Lipinski definition) is 2. The van der Waals surface area contributed by atoms with Crippen molar-refractivity contribution >= 4 is 17.3 Å². The first kappa shape index (κ1) is 6.40. The minimum atomic E-state index is -1.11. The summed E-state index contributed by atoms with van der Waals surface area (Å²) in [4.78, 5) is 0. The SMILES string of the molecule is CCP(#N)OP. The molecule has 4 heteroatoms. The van der Waals surface area contributed by atoms with Crippen molar-refractivity contribution in [2.75, 3.05) is 6.16 Å². The molecule has 0 aromatic heterocycles. The summed E-state index contributed by atoms with van der Waals surface area (Å²) in [6, 6.07) is 0. The van der Waals surface area contributed by atoms with E-state index >= 15 is 0 Å². The summed E-state index contributed by atoms with van der Waals surface area (Å²) in [7, 11) is 0.905. The van der Waals surface area contributed by atoms with Gasteiger partial charge in [-0.1, -0.05) is 6.92 Å². The predicted molar refractivity (Wildman–Crippen MR) is 30.0 cm³/mol. The molecule has 2 atom stereocenters. The highest BCUT2D eigenvalue weighted by Crippen LogP contribution is 2.20. The Balaban J connectivity index is 3.08. The van der Waals surface area contributed by atoms with E-state index in [1.807, 2.05) is 16.4 Å². The molecule has 0 rings (SSSR count). The normalized spacial score (nSPS) is 11.2. The van der Waals surface area contributed by atoms with Crippen LogP contribution < -0.4 is 0 Å². The fraction of sp³-hybridized carbons (Fsp3) is 1.00. The molecule has 0 aliphatic heterocycles. The Labute approximate surface area is 40.6 Å². The van der Waals surface area contributed by atoms with Gasteiger partial charge < -0.3 is 0 Å². The maximum absolute atomic E-state index is 8.49. The van der Waals surface area contributed by atoms with Crippen LogP contribution in [0.5, 0.6) is 0 Å². The molecule has 36 valence electrons. The van der Waals surface area contributed by atoms with Crippen LogP contribution in [-0.2, 0) is 4.31 Å². The van der Waals surface area contributed by atoms with Gasteiger partial charge in [0.05, 0.1) is 0 Å². The van der Waals surface area contributed by atoms with E-state index < -0.39 is 7.78 Å². The molecule has 0 N–H and O–H groups in total. The zero-order valence-corrected chi connectivity index (χ0v) is 5.64. The predicted octanol–water partition coefficient (Wildman–Crippen LogP) is 1.69. The third-order valence-corrected chi connectivity index (χ3v) is 1.91. The van der Waals surface area contributed by atoms with E-state index in [0.717, 1.165) is 0 Å². The van der Waals surface area contributed by atoms with Crippen molar-refractivity contribution < 1.29 is 4.31 Å². The summed E-state index contributed by atoms with van der Waals surface area (Å²) in [6.45, 7) is 1.87. The molecular weight excluding hydrogens is 116 g/mol. The second-order valence-corrected chi connectivity index (χ2v) is 2.95. The highest BCUT2D eigenvalue weighted by atomic mass is 31.2. The van der Waals surface area contributed by atoms with Crippen molar-refractivity contribution in [1.82, 2.24) is 0 Å². The standard InChI is InChI=1S/C2H7NOP2/c1-2-6(3)4-5/h2,5H2,1H3. The van der Waals surface area contributed by atoms with E-state index in [2.05, 4.69) is 4.31 Å². The summed E-state index contributed by atoms with van der Waals surface area (Å²) >= 11 is 0. The number of nitrogens with zero attached hydrogens (tertiary/aromatic N) is 1. The monoisotopic (exact) mass is 123 g/mol. The van der Waals surface area contributed by atoms with Gasteiger partial charge >= 0.3 is 0 Å². The van der Waals surface area contributed by atoms with E-state index in [4.69, 9.17) is 5.00 Å². The summed E-state index contributed by atoms with van der Waals surface area (Å²) < 4.78 is 4.44. The van der Waals surface area contributed by atoms with Gasteiger partial charge in [-0.3, -0.25) is 4.31 Å². The molecule has 0 aromatic carbocycles. The molecule has 0 heterocycles. The first-order chi connectivity index (χ1) is 2.81. The zero-order valence-electron chi connectivity index (χ0n) is 3.59. The Bertz CT molecular complexity index is 75.3. The summed E-state index contributed by atoms with van der Waals surface area (Å²) in [6.07, 6.45) is 0.707. The van der Waals surface area contributed by atoms with Gasteiger partial charge in [-0.15, -0.1) is 0 Å². The van der Waals surface area contributed by atoms with Gasteiger partial charge in [0.2, 0.25) is 0 Å². The number of rotatable bonds is 0. The van der Waals surface area contributed by atoms with Gasteiger partial charge in [-0.05, 0) is 0 Å². The molecule has 2 unspecified atom stereocenters. The summed E-state index contributed by atoms with van der Waals surface area (Å²) in [5, 5.41) is 8.49. The molecule has 0 radical (unpaired) electrons. The lowest BCUT2D eigenvalue weighted by Crippen LogP contribution is -1.56. The summed E-state index contributed by atoms with van der Waals surface area (Å²) in [5.41, 5.74) is 0. The minimum absolute atomic E-state index is 0.707. The number of hydrogen-bond donors (Lipinski definition) is 0. The van der Waals surface area contributed by atoms with Gasteiger partial charge in [0.25, 0.3) is 0 Å². The van der Waals surface area contributed by atoms with Crippen LogP contribution >= 0.6 is 17.3 Å². The second-order valence-electron chi connectivity index (χ2n) is 0.774. The molecule has 0 saturated carbocycles. The molecular formula is C2H7NOP2. The minimum Gasteiger partial charge on any atom is -0.292 e. The Kier molecular flexibility index (Phi) is 3.82. The molecule has 0 aliphatic rings. The lowest BCUT2D eigenvalue weighted by molar-refractivity contribution is 0.730. The van der Waals surface area contributed by atoms with Crippen molar-refractivity contribution in [3.8, 4) is 0 Å². The van der Waals surface area contributed by atoms with Crippen LogP contribution in [0.15, 0.2) is 0 Å². The van der Waals surface area contributed by atoms with Gasteiger partial charge in [-0.2, -0.15) is 0 Å². The van der Waals surface area contributed by atoms with Crippen molar-refractivity contribution in [2.24, 2.45) is 0 Å². The maximum Gasteiger partial charge on any atom is 0.185 e. The average Bonchev–Trinajstić information content (AvgIpc) is 1.65. The van der Waals surface area contributed by atoms with E-state index in [-0.39, 0.29) is 0 Å². The third-order valence-electron chi connectivity index (χ3n) is 0.392. The first-order valence-electron chi connectivity index (χ1n) is 1.64. The molecule has 0 bridgehead atoms. The topological polar surface area (TPSA) is 33.0 Å². The van der Waals surface area contributed by atoms with Crippen LogP contribution in [-0.4, -0.2) is 6.16 Å². The summed E-state index contributed by atoms with van der Waals surface area (Å²) in [5.74, 6) is 0. The third kappa shape index (κ3) is 2.63. The first-order valence-corrected chi connectivity index (χ1v) is 3.51. The molecule has 0 aromatic rings. The zero-order chi connectivity index (χ0) is 4.99. The fourth-order valence-corrected chi connectivity index (χ4v) is 0.671. The largest absolute Gasteiger partial charge is 0.292 e. The van der Waals surface area contributed by atoms with Crippen LogP contribution in [0, 0.1) is 5.00 Å². The maximum atomic E-state index is 8.49. The van der Waals surface area contributed by atoms with Gasteiger partial charge in [-0.25, -0.2) is 5.00 Å². The van der Waals surface area contributed by atoms with Crippen molar-refractivity contribution in [1.29, 1.82) is 5.00 Å². The molecule has 6 heavy (non-hydrogen) atoms. The Morgan fingerprint density at radius 1 is 2.00 bits per heavy atom. The van der Waals surface area contributed by atoms with Crippen LogP contribution in [0.3, 0.4) is 0 Å².